The minimum atomic E-state index is -0.834. The first-order valence-electron chi connectivity index (χ1n) is 14.8. The lowest BCUT2D eigenvalue weighted by Crippen LogP contribution is -2.59. The molecule has 1 saturated heterocycles. The van der Waals surface area contributed by atoms with E-state index in [2.05, 4.69) is 22.9 Å². The van der Waals surface area contributed by atoms with E-state index < -0.39 is 17.3 Å². The SMILES string of the molecule is CCCCCCC1(NC(=O)NC2CCCCC2OC(=O)CCNC(=O)C2OC(C)(C)OCC2(C)C)CCC1. The Kier molecular flexibility index (Phi) is 10.9. The predicted octanol–water partition coefficient (Wildman–Crippen LogP) is 4.72. The van der Waals surface area contributed by atoms with Crippen molar-refractivity contribution in [3.05, 3.63) is 0 Å². The molecule has 38 heavy (non-hydrogen) atoms. The molecule has 0 aromatic carbocycles. The maximum atomic E-state index is 12.9. The summed E-state index contributed by atoms with van der Waals surface area (Å²) in [6.45, 7) is 10.2. The van der Waals surface area contributed by atoms with Crippen LogP contribution in [0.3, 0.4) is 0 Å². The third kappa shape index (κ3) is 8.83. The first-order valence-corrected chi connectivity index (χ1v) is 14.8. The van der Waals surface area contributed by atoms with Crippen molar-refractivity contribution in [2.24, 2.45) is 5.41 Å². The summed E-state index contributed by atoms with van der Waals surface area (Å²) in [6.07, 6.45) is 11.6. The molecule has 2 saturated carbocycles. The number of rotatable bonds is 12. The topological polar surface area (TPSA) is 115 Å². The van der Waals surface area contributed by atoms with Crippen LogP contribution in [0, 0.1) is 5.41 Å². The lowest BCUT2D eigenvalue weighted by Gasteiger charge is -2.44. The lowest BCUT2D eigenvalue weighted by atomic mass is 9.73. The normalized spacial score (nSPS) is 27.4. The highest BCUT2D eigenvalue weighted by Crippen LogP contribution is 2.37. The number of carbonyl (C=O) groups is 3. The highest BCUT2D eigenvalue weighted by Gasteiger charge is 2.45. The molecule has 0 spiro atoms. The van der Waals surface area contributed by atoms with E-state index in [1.165, 1.54) is 19.3 Å². The molecule has 3 N–H and O–H groups in total. The van der Waals surface area contributed by atoms with Crippen LogP contribution in [-0.4, -0.2) is 60.6 Å². The van der Waals surface area contributed by atoms with Gasteiger partial charge in [0.25, 0.3) is 0 Å². The fraction of sp³-hybridized carbons (Fsp3) is 0.897. The van der Waals surface area contributed by atoms with Crippen LogP contribution >= 0.6 is 0 Å². The molecule has 3 amide bonds. The Morgan fingerprint density at radius 3 is 2.39 bits per heavy atom. The van der Waals surface area contributed by atoms with Gasteiger partial charge in [-0.2, -0.15) is 0 Å². The summed E-state index contributed by atoms with van der Waals surface area (Å²) in [4.78, 5) is 38.3. The lowest BCUT2D eigenvalue weighted by molar-refractivity contribution is -0.304. The van der Waals surface area contributed by atoms with Crippen molar-refractivity contribution >= 4 is 17.9 Å². The van der Waals surface area contributed by atoms with Gasteiger partial charge in [-0.1, -0.05) is 52.9 Å². The van der Waals surface area contributed by atoms with Crippen molar-refractivity contribution < 1.29 is 28.6 Å². The van der Waals surface area contributed by atoms with Crippen LogP contribution in [0.1, 0.15) is 118 Å². The van der Waals surface area contributed by atoms with Crippen molar-refractivity contribution in [1.82, 2.24) is 16.0 Å². The Hall–Kier alpha value is -1.87. The van der Waals surface area contributed by atoms with E-state index in [-0.39, 0.29) is 48.6 Å². The first-order chi connectivity index (χ1) is 18.0. The highest BCUT2D eigenvalue weighted by atomic mass is 16.7. The van der Waals surface area contributed by atoms with E-state index >= 15 is 0 Å². The van der Waals surface area contributed by atoms with Gasteiger partial charge in [-0.25, -0.2) is 4.79 Å². The zero-order valence-electron chi connectivity index (χ0n) is 24.3. The Morgan fingerprint density at radius 1 is 0.974 bits per heavy atom. The van der Waals surface area contributed by atoms with Gasteiger partial charge in [-0.15, -0.1) is 0 Å². The van der Waals surface area contributed by atoms with E-state index in [1.807, 2.05) is 13.8 Å². The fourth-order valence-electron chi connectivity index (χ4n) is 5.71. The predicted molar refractivity (Wildman–Crippen MR) is 145 cm³/mol. The van der Waals surface area contributed by atoms with Gasteiger partial charge in [0.05, 0.1) is 19.1 Å². The molecule has 3 rings (SSSR count). The number of urea groups is 1. The van der Waals surface area contributed by atoms with Crippen molar-refractivity contribution in [2.45, 2.75) is 148 Å². The number of unbranched alkanes of at least 4 members (excludes halogenated alkanes) is 3. The van der Waals surface area contributed by atoms with Gasteiger partial charge in [0.1, 0.15) is 12.2 Å². The van der Waals surface area contributed by atoms with Crippen molar-refractivity contribution in [3.8, 4) is 0 Å². The Labute approximate surface area is 228 Å². The highest BCUT2D eigenvalue weighted by molar-refractivity contribution is 5.82. The molecule has 2 aliphatic carbocycles. The fourth-order valence-corrected chi connectivity index (χ4v) is 5.71. The zero-order chi connectivity index (χ0) is 27.8. The van der Waals surface area contributed by atoms with Gasteiger partial charge in [0.15, 0.2) is 5.79 Å². The molecule has 1 heterocycles. The molecule has 3 fully saturated rings. The summed E-state index contributed by atoms with van der Waals surface area (Å²) in [5.74, 6) is -1.46. The number of hydrogen-bond acceptors (Lipinski definition) is 6. The largest absolute Gasteiger partial charge is 0.460 e. The van der Waals surface area contributed by atoms with Gasteiger partial charge in [0.2, 0.25) is 5.91 Å². The molecular formula is C29H51N3O6. The van der Waals surface area contributed by atoms with Crippen molar-refractivity contribution in [1.29, 1.82) is 0 Å². The minimum absolute atomic E-state index is 0.0646. The van der Waals surface area contributed by atoms with Crippen LogP contribution in [0.15, 0.2) is 0 Å². The second-order valence-corrected chi connectivity index (χ2v) is 12.7. The average molecular weight is 538 g/mol. The van der Waals surface area contributed by atoms with Crippen LogP contribution in [0.4, 0.5) is 4.79 Å². The molecule has 9 nitrogen and oxygen atoms in total. The summed E-state index contributed by atoms with van der Waals surface area (Å²) in [6, 6.07) is -0.347. The molecule has 218 valence electrons. The van der Waals surface area contributed by atoms with Gasteiger partial charge in [-0.3, -0.25) is 9.59 Å². The summed E-state index contributed by atoms with van der Waals surface area (Å²) in [5, 5.41) is 9.19. The second kappa shape index (κ2) is 13.5. The summed E-state index contributed by atoms with van der Waals surface area (Å²) in [7, 11) is 0. The smallest absolute Gasteiger partial charge is 0.315 e. The molecule has 1 aliphatic heterocycles. The van der Waals surface area contributed by atoms with Crippen molar-refractivity contribution in [2.75, 3.05) is 13.2 Å². The third-order valence-electron chi connectivity index (χ3n) is 8.27. The van der Waals surface area contributed by atoms with E-state index in [0.29, 0.717) is 6.61 Å². The summed E-state index contributed by atoms with van der Waals surface area (Å²) >= 11 is 0. The molecular weight excluding hydrogens is 486 g/mol. The number of amides is 3. The van der Waals surface area contributed by atoms with Gasteiger partial charge >= 0.3 is 12.0 Å². The number of carbonyl (C=O) groups excluding carboxylic acids is 3. The van der Waals surface area contributed by atoms with E-state index in [9.17, 15) is 14.4 Å². The first kappa shape index (κ1) is 30.7. The third-order valence-corrected chi connectivity index (χ3v) is 8.27. The van der Waals surface area contributed by atoms with E-state index in [4.69, 9.17) is 14.2 Å². The molecule has 9 heteroatoms. The Bertz CT molecular complexity index is 810. The standard InChI is InChI=1S/C29H51N3O6/c1-6-7-8-11-16-29(17-12-18-29)32-26(35)31-21-13-9-10-14-22(21)37-23(33)15-19-30-25(34)24-27(2,3)20-36-28(4,5)38-24/h21-22,24H,6-20H2,1-5H3,(H,30,34)(H2,31,32,35). The number of nitrogens with one attached hydrogen (secondary N) is 3. The summed E-state index contributed by atoms with van der Waals surface area (Å²) in [5.41, 5.74) is -0.552. The molecule has 3 atom stereocenters. The monoisotopic (exact) mass is 537 g/mol. The number of hydrogen-bond donors (Lipinski definition) is 3. The number of esters is 1. The van der Waals surface area contributed by atoms with Gasteiger partial charge in [-0.05, 0) is 58.8 Å². The quantitative estimate of drug-likeness (QED) is 0.245. The second-order valence-electron chi connectivity index (χ2n) is 12.7. The molecule has 0 aromatic heterocycles. The zero-order valence-corrected chi connectivity index (χ0v) is 24.3. The maximum absolute atomic E-state index is 12.9. The van der Waals surface area contributed by atoms with Crippen LogP contribution < -0.4 is 16.0 Å². The van der Waals surface area contributed by atoms with E-state index in [1.54, 1.807) is 13.8 Å². The Balaban J connectivity index is 1.42. The molecule has 0 radical (unpaired) electrons. The van der Waals surface area contributed by atoms with Gasteiger partial charge in [0, 0.05) is 17.5 Å². The van der Waals surface area contributed by atoms with Gasteiger partial charge < -0.3 is 30.2 Å². The molecule has 3 unspecified atom stereocenters. The molecule has 0 bridgehead atoms. The number of ether oxygens (including phenoxy) is 3. The van der Waals surface area contributed by atoms with Crippen LogP contribution in [-0.2, 0) is 23.8 Å². The van der Waals surface area contributed by atoms with Crippen molar-refractivity contribution in [3.63, 3.8) is 0 Å². The van der Waals surface area contributed by atoms with Crippen LogP contribution in [0.25, 0.3) is 0 Å². The Morgan fingerprint density at radius 2 is 1.71 bits per heavy atom. The minimum Gasteiger partial charge on any atom is -0.460 e. The molecule has 3 aliphatic rings. The maximum Gasteiger partial charge on any atom is 0.315 e. The van der Waals surface area contributed by atoms with Crippen LogP contribution in [0.2, 0.25) is 0 Å². The summed E-state index contributed by atoms with van der Waals surface area (Å²) < 4.78 is 17.3. The van der Waals surface area contributed by atoms with E-state index in [0.717, 1.165) is 57.8 Å². The molecule has 0 aromatic rings. The van der Waals surface area contributed by atoms with Crippen LogP contribution in [0.5, 0.6) is 0 Å². The average Bonchev–Trinajstić information content (AvgIpc) is 2.83.